The quantitative estimate of drug-likeness (QED) is 0.697. The molecule has 3 unspecified atom stereocenters. The lowest BCUT2D eigenvalue weighted by Gasteiger charge is -2.27. The van der Waals surface area contributed by atoms with E-state index in [1.54, 1.807) is 11.9 Å². The highest BCUT2D eigenvalue weighted by molar-refractivity contribution is 5.89. The Bertz CT molecular complexity index is 319. The molecule has 2 rings (SSSR count). The first-order valence-electron chi connectivity index (χ1n) is 6.36. The maximum Gasteiger partial charge on any atom is 0.244 e. The van der Waals surface area contributed by atoms with E-state index in [1.807, 2.05) is 0 Å². The summed E-state index contributed by atoms with van der Waals surface area (Å²) in [6.45, 7) is 3.72. The Morgan fingerprint density at radius 2 is 2.24 bits per heavy atom. The van der Waals surface area contributed by atoms with E-state index in [1.165, 1.54) is 0 Å². The van der Waals surface area contributed by atoms with Crippen molar-refractivity contribution in [3.63, 3.8) is 0 Å². The van der Waals surface area contributed by atoms with E-state index in [0.717, 1.165) is 32.4 Å². The summed E-state index contributed by atoms with van der Waals surface area (Å²) < 4.78 is 0. The summed E-state index contributed by atoms with van der Waals surface area (Å²) in [6.07, 6.45) is 2.47. The number of amides is 2. The predicted octanol–water partition coefficient (Wildman–Crippen LogP) is -0.279. The summed E-state index contributed by atoms with van der Waals surface area (Å²) in [5.74, 6) is 0.150. The second-order valence-corrected chi connectivity index (χ2v) is 5.19. The summed E-state index contributed by atoms with van der Waals surface area (Å²) in [5.41, 5.74) is 0. The van der Waals surface area contributed by atoms with Crippen LogP contribution in [-0.4, -0.2) is 48.9 Å². The van der Waals surface area contributed by atoms with E-state index in [2.05, 4.69) is 17.6 Å². The average molecular weight is 239 g/mol. The van der Waals surface area contributed by atoms with Crippen LogP contribution in [0.2, 0.25) is 0 Å². The number of nitrogens with one attached hydrogen (secondary N) is 2. The standard InChI is InChI=1S/C12H21N3O2/c1-8-7-9(3-5-13-8)11(16)14-10-4-6-15(2)12(10)17/h8-10,13H,3-7H2,1-2H3,(H,14,16). The van der Waals surface area contributed by atoms with Gasteiger partial charge in [-0.05, 0) is 32.7 Å². The molecule has 2 aliphatic rings. The molecule has 0 aromatic carbocycles. The van der Waals surface area contributed by atoms with Crippen LogP contribution in [-0.2, 0) is 9.59 Å². The number of carbonyl (C=O) groups excluding carboxylic acids is 2. The molecule has 0 spiro atoms. The second-order valence-electron chi connectivity index (χ2n) is 5.19. The number of hydrogen-bond donors (Lipinski definition) is 2. The largest absolute Gasteiger partial charge is 0.344 e. The first-order chi connectivity index (χ1) is 8.08. The van der Waals surface area contributed by atoms with Crippen LogP contribution in [0.25, 0.3) is 0 Å². The first kappa shape index (κ1) is 12.4. The van der Waals surface area contributed by atoms with E-state index < -0.39 is 0 Å². The number of likely N-dealkylation sites (N-methyl/N-ethyl adjacent to an activating group) is 1. The summed E-state index contributed by atoms with van der Waals surface area (Å²) in [6, 6.07) is 0.0964. The smallest absolute Gasteiger partial charge is 0.244 e. The molecular weight excluding hydrogens is 218 g/mol. The highest BCUT2D eigenvalue weighted by atomic mass is 16.2. The van der Waals surface area contributed by atoms with Crippen molar-refractivity contribution in [2.75, 3.05) is 20.1 Å². The molecule has 17 heavy (non-hydrogen) atoms. The summed E-state index contributed by atoms with van der Waals surface area (Å²) in [7, 11) is 1.78. The molecule has 0 bridgehead atoms. The molecule has 0 aliphatic carbocycles. The maximum atomic E-state index is 12.0. The third kappa shape index (κ3) is 2.77. The van der Waals surface area contributed by atoms with Crippen molar-refractivity contribution in [1.29, 1.82) is 0 Å². The molecule has 0 aromatic heterocycles. The Kier molecular flexibility index (Phi) is 3.66. The van der Waals surface area contributed by atoms with Gasteiger partial charge >= 0.3 is 0 Å². The average Bonchev–Trinajstić information content (AvgIpc) is 2.61. The number of nitrogens with zero attached hydrogens (tertiary/aromatic N) is 1. The van der Waals surface area contributed by atoms with Crippen molar-refractivity contribution < 1.29 is 9.59 Å². The van der Waals surface area contributed by atoms with E-state index in [9.17, 15) is 9.59 Å². The summed E-state index contributed by atoms with van der Waals surface area (Å²) in [5, 5.41) is 6.21. The van der Waals surface area contributed by atoms with Gasteiger partial charge in [-0.15, -0.1) is 0 Å². The fraction of sp³-hybridized carbons (Fsp3) is 0.833. The third-order valence-electron chi connectivity index (χ3n) is 3.74. The van der Waals surface area contributed by atoms with E-state index in [0.29, 0.717) is 6.04 Å². The summed E-state index contributed by atoms with van der Waals surface area (Å²) >= 11 is 0. The molecule has 2 saturated heterocycles. The number of carbonyl (C=O) groups is 2. The van der Waals surface area contributed by atoms with Crippen LogP contribution in [0.4, 0.5) is 0 Å². The highest BCUT2D eigenvalue weighted by Gasteiger charge is 2.33. The molecule has 2 fully saturated rings. The fourth-order valence-corrected chi connectivity index (χ4v) is 2.62. The van der Waals surface area contributed by atoms with Crippen LogP contribution in [0.15, 0.2) is 0 Å². The molecule has 2 heterocycles. The maximum absolute atomic E-state index is 12.0. The molecule has 5 nitrogen and oxygen atoms in total. The van der Waals surface area contributed by atoms with Gasteiger partial charge < -0.3 is 15.5 Å². The van der Waals surface area contributed by atoms with Gasteiger partial charge in [0.05, 0.1) is 0 Å². The van der Waals surface area contributed by atoms with Crippen molar-refractivity contribution in [3.05, 3.63) is 0 Å². The molecule has 0 radical (unpaired) electrons. The minimum absolute atomic E-state index is 0.0420. The number of rotatable bonds is 2. The van der Waals surface area contributed by atoms with Gasteiger partial charge in [0, 0.05) is 25.6 Å². The van der Waals surface area contributed by atoms with E-state index >= 15 is 0 Å². The molecule has 0 aromatic rings. The Morgan fingerprint density at radius 1 is 1.47 bits per heavy atom. The minimum atomic E-state index is -0.294. The van der Waals surface area contributed by atoms with Crippen molar-refractivity contribution in [2.24, 2.45) is 5.92 Å². The van der Waals surface area contributed by atoms with Crippen LogP contribution in [0.3, 0.4) is 0 Å². The molecule has 0 saturated carbocycles. The monoisotopic (exact) mass is 239 g/mol. The topological polar surface area (TPSA) is 61.4 Å². The van der Waals surface area contributed by atoms with Gasteiger partial charge in [-0.25, -0.2) is 0 Å². The lowest BCUT2D eigenvalue weighted by Crippen LogP contribution is -2.47. The lowest BCUT2D eigenvalue weighted by molar-refractivity contribution is -0.133. The lowest BCUT2D eigenvalue weighted by atomic mass is 9.92. The van der Waals surface area contributed by atoms with Crippen molar-refractivity contribution in [1.82, 2.24) is 15.5 Å². The van der Waals surface area contributed by atoms with Crippen molar-refractivity contribution >= 4 is 11.8 Å². The van der Waals surface area contributed by atoms with E-state index in [4.69, 9.17) is 0 Å². The van der Waals surface area contributed by atoms with Gasteiger partial charge in [0.2, 0.25) is 11.8 Å². The molecule has 2 N–H and O–H groups in total. The molecule has 3 atom stereocenters. The Labute approximate surface area is 102 Å². The zero-order valence-corrected chi connectivity index (χ0v) is 10.5. The number of likely N-dealkylation sites (tertiary alicyclic amines) is 1. The van der Waals surface area contributed by atoms with Gasteiger partial charge in [0.25, 0.3) is 0 Å². The number of piperidine rings is 1. The van der Waals surface area contributed by atoms with Crippen molar-refractivity contribution in [3.8, 4) is 0 Å². The first-order valence-corrected chi connectivity index (χ1v) is 6.36. The van der Waals surface area contributed by atoms with Gasteiger partial charge in [-0.3, -0.25) is 9.59 Å². The van der Waals surface area contributed by atoms with Crippen molar-refractivity contribution in [2.45, 2.75) is 38.3 Å². The van der Waals surface area contributed by atoms with Crippen LogP contribution in [0.5, 0.6) is 0 Å². The Balaban J connectivity index is 1.86. The van der Waals surface area contributed by atoms with Gasteiger partial charge in [0.1, 0.15) is 6.04 Å². The zero-order chi connectivity index (χ0) is 12.4. The van der Waals surface area contributed by atoms with Gasteiger partial charge in [-0.1, -0.05) is 0 Å². The Hall–Kier alpha value is -1.10. The summed E-state index contributed by atoms with van der Waals surface area (Å²) in [4.78, 5) is 25.4. The van der Waals surface area contributed by atoms with Crippen LogP contribution in [0, 0.1) is 5.92 Å². The molecular formula is C12H21N3O2. The van der Waals surface area contributed by atoms with E-state index in [-0.39, 0.29) is 23.8 Å². The highest BCUT2D eigenvalue weighted by Crippen LogP contribution is 2.17. The zero-order valence-electron chi connectivity index (χ0n) is 10.5. The van der Waals surface area contributed by atoms with Crippen LogP contribution >= 0.6 is 0 Å². The SMILES string of the molecule is CC1CC(C(=O)NC2CCN(C)C2=O)CCN1. The molecule has 96 valence electrons. The van der Waals surface area contributed by atoms with Gasteiger partial charge in [-0.2, -0.15) is 0 Å². The Morgan fingerprint density at radius 3 is 2.82 bits per heavy atom. The van der Waals surface area contributed by atoms with Gasteiger partial charge in [0.15, 0.2) is 0 Å². The minimum Gasteiger partial charge on any atom is -0.344 e. The molecule has 5 heteroatoms. The van der Waals surface area contributed by atoms with Crippen LogP contribution < -0.4 is 10.6 Å². The molecule has 2 aliphatic heterocycles. The third-order valence-corrected chi connectivity index (χ3v) is 3.74. The fourth-order valence-electron chi connectivity index (χ4n) is 2.62. The predicted molar refractivity (Wildman–Crippen MR) is 64.4 cm³/mol. The molecule has 2 amide bonds. The normalized spacial score (nSPS) is 33.9. The van der Waals surface area contributed by atoms with Crippen LogP contribution in [0.1, 0.15) is 26.2 Å². The second kappa shape index (κ2) is 5.04. The number of hydrogen-bond acceptors (Lipinski definition) is 3.